The van der Waals surface area contributed by atoms with Gasteiger partial charge in [0.15, 0.2) is 5.96 Å². The second-order valence-electron chi connectivity index (χ2n) is 5.18. The lowest BCUT2D eigenvalue weighted by Crippen LogP contribution is -2.38. The number of nitrogens with zero attached hydrogens (tertiary/aromatic N) is 3. The minimum atomic E-state index is -3.10. The largest absolute Gasteiger partial charge is 0.356 e. The van der Waals surface area contributed by atoms with Gasteiger partial charge in [-0.1, -0.05) is 0 Å². The van der Waals surface area contributed by atoms with Gasteiger partial charge in [0.25, 0.3) is 0 Å². The Morgan fingerprint density at radius 1 is 1.35 bits per heavy atom. The molecule has 0 spiro atoms. The van der Waals surface area contributed by atoms with E-state index in [9.17, 15) is 8.42 Å². The Hall–Kier alpha value is -1.19. The molecular weight excluding hydrogens is 334 g/mol. The number of thiazole rings is 1. The molecule has 0 aliphatic rings. The summed E-state index contributed by atoms with van der Waals surface area (Å²) >= 11 is 1.67. The average Bonchev–Trinajstić information content (AvgIpc) is 2.84. The van der Waals surface area contributed by atoms with Crippen molar-refractivity contribution in [2.75, 3.05) is 32.9 Å². The number of rotatable bonds is 8. The van der Waals surface area contributed by atoms with Crippen LogP contribution in [0.4, 0.5) is 0 Å². The average molecular weight is 362 g/mol. The van der Waals surface area contributed by atoms with Crippen molar-refractivity contribution in [1.29, 1.82) is 0 Å². The highest BCUT2D eigenvalue weighted by atomic mass is 32.2. The summed E-state index contributed by atoms with van der Waals surface area (Å²) in [7, 11) is 0.220. The minimum absolute atomic E-state index is 0.132. The van der Waals surface area contributed by atoms with Crippen LogP contribution in [0.3, 0.4) is 0 Å². The minimum Gasteiger partial charge on any atom is -0.356 e. The molecule has 0 aliphatic carbocycles. The Morgan fingerprint density at radius 3 is 2.57 bits per heavy atom. The molecule has 2 N–H and O–H groups in total. The van der Waals surface area contributed by atoms with Gasteiger partial charge in [-0.25, -0.2) is 17.7 Å². The maximum atomic E-state index is 11.6. The van der Waals surface area contributed by atoms with Gasteiger partial charge in [0.2, 0.25) is 10.0 Å². The van der Waals surface area contributed by atoms with Gasteiger partial charge < -0.3 is 10.6 Å². The molecule has 0 saturated carbocycles. The monoisotopic (exact) mass is 361 g/mol. The van der Waals surface area contributed by atoms with Crippen LogP contribution >= 0.6 is 11.3 Å². The third-order valence-corrected chi connectivity index (χ3v) is 6.42. The maximum absolute atomic E-state index is 11.6. The van der Waals surface area contributed by atoms with Gasteiger partial charge in [0.1, 0.15) is 5.01 Å². The molecule has 7 nitrogen and oxygen atoms in total. The summed E-state index contributed by atoms with van der Waals surface area (Å²) in [5.41, 5.74) is 1.06. The van der Waals surface area contributed by atoms with Gasteiger partial charge in [0.05, 0.1) is 18.0 Å². The van der Waals surface area contributed by atoms with E-state index in [2.05, 4.69) is 27.5 Å². The molecule has 1 aromatic rings. The van der Waals surface area contributed by atoms with Crippen LogP contribution in [-0.2, 0) is 16.6 Å². The molecule has 23 heavy (non-hydrogen) atoms. The molecule has 0 atom stereocenters. The van der Waals surface area contributed by atoms with Crippen LogP contribution in [0.1, 0.15) is 28.9 Å². The van der Waals surface area contributed by atoms with Crippen LogP contribution in [0.15, 0.2) is 4.99 Å². The zero-order chi connectivity index (χ0) is 17.5. The summed E-state index contributed by atoms with van der Waals surface area (Å²) in [5.74, 6) is 0.823. The summed E-state index contributed by atoms with van der Waals surface area (Å²) in [6.45, 7) is 7.49. The van der Waals surface area contributed by atoms with Crippen LogP contribution in [-0.4, -0.2) is 56.6 Å². The number of hydrogen-bond acceptors (Lipinski definition) is 5. The van der Waals surface area contributed by atoms with Gasteiger partial charge >= 0.3 is 0 Å². The predicted octanol–water partition coefficient (Wildman–Crippen LogP) is 1.10. The Morgan fingerprint density at radius 2 is 2.04 bits per heavy atom. The van der Waals surface area contributed by atoms with Crippen molar-refractivity contribution < 1.29 is 8.42 Å². The number of sulfonamides is 1. The quantitative estimate of drug-likeness (QED) is 0.411. The van der Waals surface area contributed by atoms with Gasteiger partial charge in [-0.2, -0.15) is 0 Å². The van der Waals surface area contributed by atoms with Crippen LogP contribution in [0.25, 0.3) is 0 Å². The standard InChI is InChI=1S/C14H27N5O2S2/c1-6-23(20,21)19(5)9-7-8-16-14(15-4)17-10-13-18-11(2)12(3)22-13/h6-10H2,1-5H3,(H2,15,16,17). The van der Waals surface area contributed by atoms with Crippen molar-refractivity contribution in [3.05, 3.63) is 15.6 Å². The highest BCUT2D eigenvalue weighted by Gasteiger charge is 2.14. The fourth-order valence-corrected chi connectivity index (χ4v) is 3.58. The molecule has 0 fully saturated rings. The molecule has 0 aliphatic heterocycles. The molecular formula is C14H27N5O2S2. The second kappa shape index (κ2) is 9.19. The number of aromatic nitrogens is 1. The van der Waals surface area contributed by atoms with E-state index < -0.39 is 10.0 Å². The van der Waals surface area contributed by atoms with Crippen molar-refractivity contribution in [2.45, 2.75) is 33.7 Å². The van der Waals surface area contributed by atoms with E-state index in [0.717, 1.165) is 10.7 Å². The lowest BCUT2D eigenvalue weighted by molar-refractivity contribution is 0.461. The van der Waals surface area contributed by atoms with E-state index in [1.165, 1.54) is 9.18 Å². The fourth-order valence-electron chi connectivity index (χ4n) is 1.86. The molecule has 9 heteroatoms. The first-order valence-corrected chi connectivity index (χ1v) is 10.0. The lowest BCUT2D eigenvalue weighted by Gasteiger charge is -2.16. The number of nitrogens with one attached hydrogen (secondary N) is 2. The van der Waals surface area contributed by atoms with Crippen molar-refractivity contribution in [3.8, 4) is 0 Å². The molecule has 0 aromatic carbocycles. The first-order valence-electron chi connectivity index (χ1n) is 7.61. The highest BCUT2D eigenvalue weighted by molar-refractivity contribution is 7.89. The molecule has 1 aromatic heterocycles. The summed E-state index contributed by atoms with van der Waals surface area (Å²) in [6.07, 6.45) is 0.714. The lowest BCUT2D eigenvalue weighted by atomic mass is 10.4. The van der Waals surface area contributed by atoms with E-state index in [1.807, 2.05) is 6.92 Å². The SMILES string of the molecule is CCS(=O)(=O)N(C)CCCNC(=NC)NCc1nc(C)c(C)s1. The van der Waals surface area contributed by atoms with Crippen LogP contribution in [0, 0.1) is 13.8 Å². The van der Waals surface area contributed by atoms with Gasteiger partial charge in [-0.3, -0.25) is 4.99 Å². The summed E-state index contributed by atoms with van der Waals surface area (Å²) in [5, 5.41) is 7.42. The maximum Gasteiger partial charge on any atom is 0.213 e. The molecule has 0 radical (unpaired) electrons. The summed E-state index contributed by atoms with van der Waals surface area (Å²) < 4.78 is 24.7. The Balaban J connectivity index is 2.32. The first-order chi connectivity index (χ1) is 10.8. The Kier molecular flexibility index (Phi) is 7.93. The zero-order valence-corrected chi connectivity index (χ0v) is 16.1. The second-order valence-corrected chi connectivity index (χ2v) is 8.83. The summed E-state index contributed by atoms with van der Waals surface area (Å²) in [4.78, 5) is 9.85. The van der Waals surface area contributed by atoms with Crippen molar-refractivity contribution >= 4 is 27.3 Å². The fraction of sp³-hybridized carbons (Fsp3) is 0.714. The molecule has 1 rings (SSSR count). The van der Waals surface area contributed by atoms with Crippen LogP contribution in [0.2, 0.25) is 0 Å². The zero-order valence-electron chi connectivity index (χ0n) is 14.5. The van der Waals surface area contributed by atoms with Gasteiger partial charge in [0, 0.05) is 32.1 Å². The predicted molar refractivity (Wildman–Crippen MR) is 96.5 cm³/mol. The van der Waals surface area contributed by atoms with E-state index in [-0.39, 0.29) is 5.75 Å². The van der Waals surface area contributed by atoms with E-state index in [4.69, 9.17) is 0 Å². The number of aliphatic imine (C=N–C) groups is 1. The Bertz CT molecular complexity index is 606. The topological polar surface area (TPSA) is 86.7 Å². The van der Waals surface area contributed by atoms with Gasteiger partial charge in [-0.05, 0) is 27.2 Å². The molecule has 132 valence electrons. The van der Waals surface area contributed by atoms with Crippen molar-refractivity contribution in [3.63, 3.8) is 0 Å². The number of hydrogen-bond donors (Lipinski definition) is 2. The molecule has 1 heterocycles. The first kappa shape index (κ1) is 19.9. The molecule has 0 saturated heterocycles. The van der Waals surface area contributed by atoms with Crippen LogP contribution in [0.5, 0.6) is 0 Å². The third kappa shape index (κ3) is 6.44. The summed E-state index contributed by atoms with van der Waals surface area (Å²) in [6, 6.07) is 0. The van der Waals surface area contributed by atoms with E-state index in [0.29, 0.717) is 32.0 Å². The number of aryl methyl sites for hydroxylation is 2. The van der Waals surface area contributed by atoms with E-state index in [1.54, 1.807) is 32.4 Å². The molecule has 0 unspecified atom stereocenters. The van der Waals surface area contributed by atoms with Crippen molar-refractivity contribution in [1.82, 2.24) is 19.9 Å². The van der Waals surface area contributed by atoms with Gasteiger partial charge in [-0.15, -0.1) is 11.3 Å². The smallest absolute Gasteiger partial charge is 0.213 e. The highest BCUT2D eigenvalue weighted by Crippen LogP contribution is 2.15. The van der Waals surface area contributed by atoms with E-state index >= 15 is 0 Å². The van der Waals surface area contributed by atoms with Crippen LogP contribution < -0.4 is 10.6 Å². The molecule has 0 bridgehead atoms. The molecule has 0 amide bonds. The number of guanidine groups is 1. The van der Waals surface area contributed by atoms with Crippen molar-refractivity contribution in [2.24, 2.45) is 4.99 Å². The Labute approximate surface area is 143 Å². The third-order valence-electron chi connectivity index (χ3n) is 3.49. The normalized spacial score (nSPS) is 12.7.